The van der Waals surface area contributed by atoms with Crippen molar-refractivity contribution in [2.75, 3.05) is 25.1 Å². The molecule has 0 aliphatic carbocycles. The molecular weight excluding hydrogens is 272 g/mol. The molecule has 0 radical (unpaired) electrons. The summed E-state index contributed by atoms with van der Waals surface area (Å²) in [6.45, 7) is 1.94. The third-order valence-corrected chi connectivity index (χ3v) is 3.43. The van der Waals surface area contributed by atoms with Gasteiger partial charge >= 0.3 is 5.97 Å². The largest absolute Gasteiger partial charge is 0.455 e. The number of hydrogen-bond acceptors (Lipinski definition) is 4. The summed E-state index contributed by atoms with van der Waals surface area (Å²) in [7, 11) is 1.47. The summed E-state index contributed by atoms with van der Waals surface area (Å²) in [4.78, 5) is 36.5. The number of hydrogen-bond donors (Lipinski definition) is 1. The summed E-state index contributed by atoms with van der Waals surface area (Å²) >= 11 is 0. The Morgan fingerprint density at radius 1 is 1.33 bits per heavy atom. The number of aryl methyl sites for hydroxylation is 1. The fourth-order valence-electron chi connectivity index (χ4n) is 2.17. The Labute approximate surface area is 123 Å². The van der Waals surface area contributed by atoms with Gasteiger partial charge in [-0.2, -0.15) is 0 Å². The molecule has 1 saturated heterocycles. The molecule has 0 unspecified atom stereocenters. The van der Waals surface area contributed by atoms with Gasteiger partial charge in [-0.25, -0.2) is 0 Å². The Morgan fingerprint density at radius 3 is 2.62 bits per heavy atom. The van der Waals surface area contributed by atoms with Crippen LogP contribution in [0.2, 0.25) is 0 Å². The number of carbonyl (C=O) groups is 3. The van der Waals surface area contributed by atoms with Crippen LogP contribution in [-0.4, -0.2) is 38.0 Å². The number of benzene rings is 1. The lowest BCUT2D eigenvalue weighted by Crippen LogP contribution is -2.29. The number of nitrogens with one attached hydrogen (secondary N) is 1. The van der Waals surface area contributed by atoms with Crippen LogP contribution in [0.15, 0.2) is 24.3 Å². The molecule has 1 aliphatic rings. The number of anilines is 1. The van der Waals surface area contributed by atoms with Crippen molar-refractivity contribution in [2.24, 2.45) is 5.92 Å². The first-order valence-corrected chi connectivity index (χ1v) is 6.75. The van der Waals surface area contributed by atoms with Crippen molar-refractivity contribution in [3.05, 3.63) is 29.8 Å². The number of amides is 2. The zero-order valence-electron chi connectivity index (χ0n) is 12.1. The lowest BCUT2D eigenvalue weighted by Gasteiger charge is -2.16. The maximum absolute atomic E-state index is 12.0. The third-order valence-electron chi connectivity index (χ3n) is 3.43. The van der Waals surface area contributed by atoms with Crippen molar-refractivity contribution in [3.8, 4) is 0 Å². The van der Waals surface area contributed by atoms with Crippen molar-refractivity contribution in [3.63, 3.8) is 0 Å². The van der Waals surface area contributed by atoms with Crippen molar-refractivity contribution < 1.29 is 19.1 Å². The molecule has 1 aliphatic heterocycles. The van der Waals surface area contributed by atoms with Gasteiger partial charge in [0.1, 0.15) is 0 Å². The zero-order chi connectivity index (χ0) is 15.4. The quantitative estimate of drug-likeness (QED) is 0.826. The van der Waals surface area contributed by atoms with E-state index in [1.54, 1.807) is 4.90 Å². The van der Waals surface area contributed by atoms with Gasteiger partial charge in [0.2, 0.25) is 5.91 Å². The summed E-state index contributed by atoms with van der Waals surface area (Å²) in [6, 6.07) is 7.54. The molecule has 2 amide bonds. The second-order valence-electron chi connectivity index (χ2n) is 5.02. The van der Waals surface area contributed by atoms with Gasteiger partial charge < -0.3 is 15.0 Å². The van der Waals surface area contributed by atoms with E-state index in [1.807, 2.05) is 31.2 Å². The molecule has 1 aromatic rings. The molecule has 21 heavy (non-hydrogen) atoms. The van der Waals surface area contributed by atoms with E-state index in [0.717, 1.165) is 11.3 Å². The molecule has 0 aromatic heterocycles. The van der Waals surface area contributed by atoms with E-state index in [0.29, 0.717) is 0 Å². The smallest absolute Gasteiger partial charge is 0.311 e. The van der Waals surface area contributed by atoms with Crippen LogP contribution in [0.3, 0.4) is 0 Å². The van der Waals surface area contributed by atoms with E-state index in [1.165, 1.54) is 7.05 Å². The Balaban J connectivity index is 1.97. The summed E-state index contributed by atoms with van der Waals surface area (Å²) in [5, 5.41) is 2.37. The number of nitrogens with zero attached hydrogens (tertiary/aromatic N) is 1. The fraction of sp³-hybridized carbons (Fsp3) is 0.400. The number of esters is 1. The molecule has 0 bridgehead atoms. The summed E-state index contributed by atoms with van der Waals surface area (Å²) in [5.74, 6) is -1.52. The van der Waals surface area contributed by atoms with Crippen molar-refractivity contribution in [1.82, 2.24) is 5.32 Å². The van der Waals surface area contributed by atoms with E-state index in [-0.39, 0.29) is 31.4 Å². The molecule has 0 spiro atoms. The highest BCUT2D eigenvalue weighted by Crippen LogP contribution is 2.26. The standard InChI is InChI=1S/C15H18N2O4/c1-10-3-5-12(6-4-10)17-8-11(7-14(17)19)15(20)21-9-13(18)16-2/h3-6,11H,7-9H2,1-2H3,(H,16,18)/t11-/m1/s1. The lowest BCUT2D eigenvalue weighted by atomic mass is 10.1. The van der Waals surface area contributed by atoms with Crippen LogP contribution in [0.4, 0.5) is 5.69 Å². The van der Waals surface area contributed by atoms with Gasteiger partial charge in [0, 0.05) is 25.7 Å². The van der Waals surface area contributed by atoms with Crippen LogP contribution in [0.1, 0.15) is 12.0 Å². The van der Waals surface area contributed by atoms with Gasteiger partial charge in [-0.3, -0.25) is 14.4 Å². The number of rotatable bonds is 4. The molecule has 1 fully saturated rings. The maximum Gasteiger partial charge on any atom is 0.311 e. The van der Waals surface area contributed by atoms with E-state index in [4.69, 9.17) is 4.74 Å². The summed E-state index contributed by atoms with van der Waals surface area (Å²) in [6.07, 6.45) is 0.112. The SMILES string of the molecule is CNC(=O)COC(=O)[C@@H]1CC(=O)N(c2ccc(C)cc2)C1. The van der Waals surface area contributed by atoms with E-state index in [2.05, 4.69) is 5.32 Å². The highest BCUT2D eigenvalue weighted by molar-refractivity contribution is 5.99. The van der Waals surface area contributed by atoms with E-state index < -0.39 is 11.9 Å². The predicted molar refractivity (Wildman–Crippen MR) is 76.7 cm³/mol. The zero-order valence-corrected chi connectivity index (χ0v) is 12.1. The third kappa shape index (κ3) is 3.59. The molecule has 1 N–H and O–H groups in total. The van der Waals surface area contributed by atoms with Crippen LogP contribution < -0.4 is 10.2 Å². The lowest BCUT2D eigenvalue weighted by molar-refractivity contribution is -0.152. The second kappa shape index (κ2) is 6.39. The Morgan fingerprint density at radius 2 is 2.00 bits per heavy atom. The van der Waals surface area contributed by atoms with Crippen LogP contribution >= 0.6 is 0 Å². The monoisotopic (exact) mass is 290 g/mol. The average molecular weight is 290 g/mol. The number of likely N-dealkylation sites (N-methyl/N-ethyl adjacent to an activating group) is 1. The molecular formula is C15H18N2O4. The highest BCUT2D eigenvalue weighted by atomic mass is 16.5. The normalized spacial score (nSPS) is 17.7. The van der Waals surface area contributed by atoms with Gasteiger partial charge in [-0.1, -0.05) is 17.7 Å². The highest BCUT2D eigenvalue weighted by Gasteiger charge is 2.36. The van der Waals surface area contributed by atoms with Crippen LogP contribution in [-0.2, 0) is 19.1 Å². The topological polar surface area (TPSA) is 75.7 Å². The van der Waals surface area contributed by atoms with Crippen molar-refractivity contribution in [2.45, 2.75) is 13.3 Å². The van der Waals surface area contributed by atoms with Gasteiger partial charge in [-0.15, -0.1) is 0 Å². The Hall–Kier alpha value is -2.37. The second-order valence-corrected chi connectivity index (χ2v) is 5.02. The van der Waals surface area contributed by atoms with Gasteiger partial charge in [0.25, 0.3) is 5.91 Å². The Kier molecular flexibility index (Phi) is 4.57. The number of ether oxygens (including phenoxy) is 1. The van der Waals surface area contributed by atoms with Gasteiger partial charge in [-0.05, 0) is 19.1 Å². The molecule has 1 aromatic carbocycles. The predicted octanol–water partition coefficient (Wildman–Crippen LogP) is 0.637. The maximum atomic E-state index is 12.0. The molecule has 0 saturated carbocycles. The summed E-state index contributed by atoms with van der Waals surface area (Å²) < 4.78 is 4.90. The van der Waals surface area contributed by atoms with Crippen LogP contribution in [0.5, 0.6) is 0 Å². The van der Waals surface area contributed by atoms with Crippen molar-refractivity contribution in [1.29, 1.82) is 0 Å². The summed E-state index contributed by atoms with van der Waals surface area (Å²) in [5.41, 5.74) is 1.87. The average Bonchev–Trinajstić information content (AvgIpc) is 2.87. The fourth-order valence-corrected chi connectivity index (χ4v) is 2.17. The minimum atomic E-state index is -0.525. The first kappa shape index (κ1) is 15.0. The Bertz CT molecular complexity index is 553. The molecule has 6 nitrogen and oxygen atoms in total. The van der Waals surface area contributed by atoms with Crippen LogP contribution in [0.25, 0.3) is 0 Å². The van der Waals surface area contributed by atoms with Crippen molar-refractivity contribution >= 4 is 23.5 Å². The van der Waals surface area contributed by atoms with Gasteiger partial charge in [0.15, 0.2) is 6.61 Å². The van der Waals surface area contributed by atoms with Crippen LogP contribution in [0, 0.1) is 12.8 Å². The molecule has 1 heterocycles. The first-order valence-electron chi connectivity index (χ1n) is 6.75. The minimum absolute atomic E-state index is 0.110. The van der Waals surface area contributed by atoms with E-state index >= 15 is 0 Å². The molecule has 112 valence electrons. The first-order chi connectivity index (χ1) is 10.0. The van der Waals surface area contributed by atoms with E-state index in [9.17, 15) is 14.4 Å². The minimum Gasteiger partial charge on any atom is -0.455 e. The molecule has 6 heteroatoms. The molecule has 2 rings (SSSR count). The number of carbonyl (C=O) groups excluding carboxylic acids is 3. The molecule has 1 atom stereocenters. The van der Waals surface area contributed by atoms with Gasteiger partial charge in [0.05, 0.1) is 5.92 Å².